The van der Waals surface area contributed by atoms with Crippen molar-refractivity contribution < 1.29 is 14.8 Å². The number of rotatable bonds is 5. The van der Waals surface area contributed by atoms with E-state index in [9.17, 15) is 0 Å². The maximum atomic E-state index is 9.03. The molecule has 1 heterocycles. The van der Waals surface area contributed by atoms with E-state index in [1.54, 1.807) is 24.3 Å². The highest BCUT2D eigenvalue weighted by Crippen LogP contribution is 2.28. The van der Waals surface area contributed by atoms with E-state index in [1.165, 1.54) is 25.7 Å². The van der Waals surface area contributed by atoms with Gasteiger partial charge in [-0.2, -0.15) is 5.10 Å². The lowest BCUT2D eigenvalue weighted by Crippen LogP contribution is -2.29. The van der Waals surface area contributed by atoms with E-state index in [0.29, 0.717) is 23.9 Å². The Kier molecular flexibility index (Phi) is 4.27. The van der Waals surface area contributed by atoms with E-state index in [1.807, 2.05) is 12.3 Å². The second kappa shape index (κ2) is 6.32. The van der Waals surface area contributed by atoms with E-state index in [-0.39, 0.29) is 0 Å². The van der Waals surface area contributed by atoms with Crippen molar-refractivity contribution in [1.29, 1.82) is 0 Å². The van der Waals surface area contributed by atoms with Crippen molar-refractivity contribution in [2.75, 3.05) is 0 Å². The molecule has 1 aromatic carbocycles. The van der Waals surface area contributed by atoms with Gasteiger partial charge >= 0.3 is 7.12 Å². The van der Waals surface area contributed by atoms with Gasteiger partial charge in [0, 0.05) is 6.20 Å². The van der Waals surface area contributed by atoms with Crippen LogP contribution in [0, 0.1) is 0 Å². The molecule has 1 fully saturated rings. The molecule has 1 aromatic heterocycles. The van der Waals surface area contributed by atoms with Gasteiger partial charge in [-0.05, 0) is 36.5 Å². The predicted octanol–water partition coefficient (Wildman–Crippen LogP) is 1.26. The minimum Gasteiger partial charge on any atom is -0.487 e. The van der Waals surface area contributed by atoms with Crippen LogP contribution < -0.4 is 10.2 Å². The van der Waals surface area contributed by atoms with Crippen LogP contribution in [-0.2, 0) is 6.61 Å². The molecule has 0 aliphatic heterocycles. The zero-order valence-electron chi connectivity index (χ0n) is 11.9. The SMILES string of the molecule is OB(O)c1ccc(OCc2ccn(C3CCCC3)n2)cc1. The van der Waals surface area contributed by atoms with Crippen LogP contribution in [0.25, 0.3) is 0 Å². The van der Waals surface area contributed by atoms with Crippen molar-refractivity contribution in [3.8, 4) is 5.75 Å². The molecular weight excluding hydrogens is 267 g/mol. The maximum absolute atomic E-state index is 9.03. The van der Waals surface area contributed by atoms with Crippen molar-refractivity contribution >= 4 is 12.6 Å². The number of benzene rings is 1. The van der Waals surface area contributed by atoms with Gasteiger partial charge in [-0.3, -0.25) is 4.68 Å². The fourth-order valence-corrected chi connectivity index (χ4v) is 2.72. The third-order valence-electron chi connectivity index (χ3n) is 3.93. The molecule has 3 rings (SSSR count). The molecule has 1 aliphatic carbocycles. The standard InChI is InChI=1S/C15H19BN2O3/c19-16(20)12-5-7-15(8-6-12)21-11-13-9-10-18(17-13)14-3-1-2-4-14/h5-10,14,19-20H,1-4,11H2. The average molecular weight is 286 g/mol. The normalized spacial score (nSPS) is 15.3. The third-order valence-corrected chi connectivity index (χ3v) is 3.93. The first-order valence-electron chi connectivity index (χ1n) is 7.35. The Morgan fingerprint density at radius 3 is 2.52 bits per heavy atom. The fourth-order valence-electron chi connectivity index (χ4n) is 2.72. The fraction of sp³-hybridized carbons (Fsp3) is 0.400. The van der Waals surface area contributed by atoms with Gasteiger partial charge in [-0.15, -0.1) is 0 Å². The molecule has 110 valence electrons. The molecule has 5 nitrogen and oxygen atoms in total. The Morgan fingerprint density at radius 2 is 1.86 bits per heavy atom. The van der Waals surface area contributed by atoms with E-state index in [2.05, 4.69) is 9.78 Å². The monoisotopic (exact) mass is 286 g/mol. The summed E-state index contributed by atoms with van der Waals surface area (Å²) in [5, 5.41) is 22.6. The molecule has 21 heavy (non-hydrogen) atoms. The molecular formula is C15H19BN2O3. The average Bonchev–Trinajstić information content (AvgIpc) is 3.16. The predicted molar refractivity (Wildman–Crippen MR) is 80.3 cm³/mol. The largest absolute Gasteiger partial charge is 0.488 e. The lowest BCUT2D eigenvalue weighted by molar-refractivity contribution is 0.298. The summed E-state index contributed by atoms with van der Waals surface area (Å²) in [5.74, 6) is 0.690. The number of ether oxygens (including phenoxy) is 1. The molecule has 0 atom stereocenters. The quantitative estimate of drug-likeness (QED) is 0.812. The zero-order chi connectivity index (χ0) is 14.7. The van der Waals surface area contributed by atoms with Crippen molar-refractivity contribution in [2.45, 2.75) is 38.3 Å². The van der Waals surface area contributed by atoms with Crippen LogP contribution >= 0.6 is 0 Å². The number of hydrogen-bond donors (Lipinski definition) is 2. The Bertz CT molecular complexity index is 577. The highest BCUT2D eigenvalue weighted by atomic mass is 16.5. The van der Waals surface area contributed by atoms with E-state index >= 15 is 0 Å². The Morgan fingerprint density at radius 1 is 1.14 bits per heavy atom. The van der Waals surface area contributed by atoms with Crippen LogP contribution in [0.5, 0.6) is 5.75 Å². The van der Waals surface area contributed by atoms with E-state index < -0.39 is 7.12 Å². The molecule has 0 bridgehead atoms. The number of nitrogens with zero attached hydrogens (tertiary/aromatic N) is 2. The summed E-state index contributed by atoms with van der Waals surface area (Å²) in [4.78, 5) is 0. The summed E-state index contributed by atoms with van der Waals surface area (Å²) in [7, 11) is -1.44. The summed E-state index contributed by atoms with van der Waals surface area (Å²) >= 11 is 0. The maximum Gasteiger partial charge on any atom is 0.488 e. The van der Waals surface area contributed by atoms with Gasteiger partial charge in [0.25, 0.3) is 0 Å². The summed E-state index contributed by atoms with van der Waals surface area (Å²) < 4.78 is 7.72. The highest BCUT2D eigenvalue weighted by Gasteiger charge is 2.17. The minimum atomic E-state index is -1.44. The first kappa shape index (κ1) is 14.2. The molecule has 0 spiro atoms. The van der Waals surface area contributed by atoms with Crippen molar-refractivity contribution in [3.05, 3.63) is 42.2 Å². The lowest BCUT2D eigenvalue weighted by atomic mass is 9.80. The zero-order valence-corrected chi connectivity index (χ0v) is 11.9. The Hall–Kier alpha value is -1.79. The number of hydrogen-bond acceptors (Lipinski definition) is 4. The van der Waals surface area contributed by atoms with Gasteiger partial charge in [0.2, 0.25) is 0 Å². The molecule has 2 aromatic rings. The summed E-state index contributed by atoms with van der Waals surface area (Å²) in [6.45, 7) is 0.417. The van der Waals surface area contributed by atoms with Crippen LogP contribution in [0.4, 0.5) is 0 Å². The van der Waals surface area contributed by atoms with Gasteiger partial charge in [0.1, 0.15) is 12.4 Å². The van der Waals surface area contributed by atoms with Crippen molar-refractivity contribution in [1.82, 2.24) is 9.78 Å². The molecule has 0 radical (unpaired) electrons. The Labute approximate surface area is 124 Å². The summed E-state index contributed by atoms with van der Waals surface area (Å²) in [6.07, 6.45) is 7.04. The van der Waals surface area contributed by atoms with Crippen LogP contribution in [-0.4, -0.2) is 26.9 Å². The van der Waals surface area contributed by atoms with Gasteiger partial charge in [0.15, 0.2) is 0 Å². The molecule has 1 aliphatic rings. The molecule has 2 N–H and O–H groups in total. The first-order valence-corrected chi connectivity index (χ1v) is 7.35. The van der Waals surface area contributed by atoms with Crippen LogP contribution in [0.1, 0.15) is 37.4 Å². The minimum absolute atomic E-state index is 0.417. The van der Waals surface area contributed by atoms with Crippen molar-refractivity contribution in [3.63, 3.8) is 0 Å². The third kappa shape index (κ3) is 3.46. The van der Waals surface area contributed by atoms with Crippen LogP contribution in [0.15, 0.2) is 36.5 Å². The molecule has 0 amide bonds. The molecule has 0 saturated heterocycles. The summed E-state index contributed by atoms with van der Waals surface area (Å²) in [5.41, 5.74) is 1.36. The van der Waals surface area contributed by atoms with E-state index in [4.69, 9.17) is 14.8 Å². The second-order valence-corrected chi connectivity index (χ2v) is 5.46. The van der Waals surface area contributed by atoms with Crippen molar-refractivity contribution in [2.24, 2.45) is 0 Å². The van der Waals surface area contributed by atoms with Gasteiger partial charge in [-0.25, -0.2) is 0 Å². The van der Waals surface area contributed by atoms with Crippen LogP contribution in [0.3, 0.4) is 0 Å². The molecule has 0 unspecified atom stereocenters. The smallest absolute Gasteiger partial charge is 0.487 e. The van der Waals surface area contributed by atoms with Crippen LogP contribution in [0.2, 0.25) is 0 Å². The summed E-state index contributed by atoms with van der Waals surface area (Å²) in [6, 6.07) is 9.26. The van der Waals surface area contributed by atoms with Gasteiger partial charge < -0.3 is 14.8 Å². The second-order valence-electron chi connectivity index (χ2n) is 5.46. The van der Waals surface area contributed by atoms with E-state index in [0.717, 1.165) is 5.69 Å². The Balaban J connectivity index is 1.57. The topological polar surface area (TPSA) is 67.5 Å². The van der Waals surface area contributed by atoms with Gasteiger partial charge in [-0.1, -0.05) is 25.0 Å². The van der Waals surface area contributed by atoms with Gasteiger partial charge in [0.05, 0.1) is 11.7 Å². The highest BCUT2D eigenvalue weighted by molar-refractivity contribution is 6.58. The number of aromatic nitrogens is 2. The lowest BCUT2D eigenvalue weighted by Gasteiger charge is -2.09. The molecule has 6 heteroatoms. The first-order chi connectivity index (χ1) is 10.2. The molecule has 1 saturated carbocycles.